The topological polar surface area (TPSA) is 60.9 Å². The highest BCUT2D eigenvalue weighted by Gasteiger charge is 2.17. The molecule has 3 rings (SSSR count). The lowest BCUT2D eigenvalue weighted by atomic mass is 10.1. The first-order chi connectivity index (χ1) is 10.1. The number of H-pyrrole nitrogens is 1. The van der Waals surface area contributed by atoms with Crippen molar-refractivity contribution in [3.8, 4) is 0 Å². The Morgan fingerprint density at radius 1 is 1.10 bits per heavy atom. The van der Waals surface area contributed by atoms with Gasteiger partial charge >= 0.3 is 0 Å². The van der Waals surface area contributed by atoms with Crippen LogP contribution in [0.4, 0.5) is 14.7 Å². The summed E-state index contributed by atoms with van der Waals surface area (Å²) in [5, 5.41) is 12.8. The first kappa shape index (κ1) is 13.5. The van der Waals surface area contributed by atoms with Gasteiger partial charge in [-0.25, -0.2) is 13.8 Å². The fraction of sp³-hybridized carbons (Fsp3) is 0.133. The van der Waals surface area contributed by atoms with E-state index in [9.17, 15) is 13.9 Å². The Morgan fingerprint density at radius 3 is 2.52 bits per heavy atom. The van der Waals surface area contributed by atoms with Gasteiger partial charge in [-0.15, -0.1) is 0 Å². The molecule has 0 aliphatic heterocycles. The van der Waals surface area contributed by atoms with Crippen molar-refractivity contribution in [2.75, 3.05) is 11.9 Å². The molecule has 108 valence electrons. The summed E-state index contributed by atoms with van der Waals surface area (Å²) < 4.78 is 27.1. The standard InChI is InChI=1S/C15H13F2N3O/c16-9-4-3-5-10(17)14(9)13(21)8-18-15-19-11-6-1-2-7-12(11)20-15/h1-7,13,21H,8H2,(H2,18,19,20). The minimum atomic E-state index is -1.31. The maximum Gasteiger partial charge on any atom is 0.201 e. The van der Waals surface area contributed by atoms with E-state index in [4.69, 9.17) is 0 Å². The molecule has 0 saturated carbocycles. The van der Waals surface area contributed by atoms with E-state index < -0.39 is 17.7 Å². The zero-order valence-corrected chi connectivity index (χ0v) is 11.0. The average molecular weight is 289 g/mol. The Bertz CT molecular complexity index is 719. The number of hydrogen-bond donors (Lipinski definition) is 3. The summed E-state index contributed by atoms with van der Waals surface area (Å²) >= 11 is 0. The minimum absolute atomic E-state index is 0.0579. The Hall–Kier alpha value is -2.47. The van der Waals surface area contributed by atoms with Gasteiger partial charge < -0.3 is 15.4 Å². The first-order valence-corrected chi connectivity index (χ1v) is 6.46. The minimum Gasteiger partial charge on any atom is -0.386 e. The van der Waals surface area contributed by atoms with Crippen molar-refractivity contribution in [2.24, 2.45) is 0 Å². The number of nitrogens with zero attached hydrogens (tertiary/aromatic N) is 1. The summed E-state index contributed by atoms with van der Waals surface area (Å²) in [5.74, 6) is -1.10. The SMILES string of the molecule is OC(CNc1nc2ccccc2[nH]1)c1c(F)cccc1F. The van der Waals surface area contributed by atoms with Gasteiger partial charge in [-0.2, -0.15) is 0 Å². The number of rotatable bonds is 4. The Balaban J connectivity index is 1.75. The smallest absolute Gasteiger partial charge is 0.201 e. The number of para-hydroxylation sites is 2. The molecular formula is C15H13F2N3O. The lowest BCUT2D eigenvalue weighted by molar-refractivity contribution is 0.181. The fourth-order valence-corrected chi connectivity index (χ4v) is 2.16. The van der Waals surface area contributed by atoms with Gasteiger partial charge in [-0.3, -0.25) is 0 Å². The van der Waals surface area contributed by atoms with Crippen molar-refractivity contribution in [3.05, 3.63) is 59.7 Å². The summed E-state index contributed by atoms with van der Waals surface area (Å²) in [7, 11) is 0. The predicted molar refractivity (Wildman–Crippen MR) is 75.9 cm³/mol. The third-order valence-electron chi connectivity index (χ3n) is 3.19. The molecule has 4 nitrogen and oxygen atoms in total. The number of aliphatic hydroxyl groups excluding tert-OH is 1. The van der Waals surface area contributed by atoms with Gasteiger partial charge in [-0.1, -0.05) is 18.2 Å². The summed E-state index contributed by atoms with van der Waals surface area (Å²) in [6.45, 7) is -0.0579. The van der Waals surface area contributed by atoms with Gasteiger partial charge in [0.05, 0.1) is 16.6 Å². The second-order valence-electron chi connectivity index (χ2n) is 4.63. The summed E-state index contributed by atoms with van der Waals surface area (Å²) in [4.78, 5) is 7.27. The molecule has 0 aliphatic carbocycles. The molecule has 0 saturated heterocycles. The number of benzene rings is 2. The fourth-order valence-electron chi connectivity index (χ4n) is 2.16. The van der Waals surface area contributed by atoms with E-state index in [0.29, 0.717) is 5.95 Å². The van der Waals surface area contributed by atoms with Crippen LogP contribution >= 0.6 is 0 Å². The van der Waals surface area contributed by atoms with Crippen molar-refractivity contribution in [1.82, 2.24) is 9.97 Å². The number of anilines is 1. The summed E-state index contributed by atoms with van der Waals surface area (Å²) in [5.41, 5.74) is 1.26. The monoisotopic (exact) mass is 289 g/mol. The Labute approximate surface area is 119 Å². The molecule has 0 radical (unpaired) electrons. The van der Waals surface area contributed by atoms with Crippen molar-refractivity contribution >= 4 is 17.0 Å². The number of aliphatic hydroxyl groups is 1. The molecule has 0 spiro atoms. The predicted octanol–water partition coefficient (Wildman–Crippen LogP) is 2.99. The Kier molecular flexibility index (Phi) is 3.53. The van der Waals surface area contributed by atoms with Crippen LogP contribution in [0.15, 0.2) is 42.5 Å². The van der Waals surface area contributed by atoms with E-state index in [1.54, 1.807) is 0 Å². The molecule has 0 fully saturated rings. The van der Waals surface area contributed by atoms with E-state index in [2.05, 4.69) is 15.3 Å². The zero-order valence-electron chi connectivity index (χ0n) is 11.0. The van der Waals surface area contributed by atoms with Crippen LogP contribution in [0.5, 0.6) is 0 Å². The van der Waals surface area contributed by atoms with Crippen molar-refractivity contribution in [2.45, 2.75) is 6.10 Å². The van der Waals surface area contributed by atoms with Gasteiger partial charge in [0.15, 0.2) is 0 Å². The molecule has 6 heteroatoms. The quantitative estimate of drug-likeness (QED) is 0.692. The average Bonchev–Trinajstić information content (AvgIpc) is 2.87. The van der Waals surface area contributed by atoms with E-state index >= 15 is 0 Å². The second-order valence-corrected chi connectivity index (χ2v) is 4.63. The number of fused-ring (bicyclic) bond motifs is 1. The normalized spacial score (nSPS) is 12.5. The zero-order chi connectivity index (χ0) is 14.8. The molecule has 1 unspecified atom stereocenters. The van der Waals surface area contributed by atoms with Crippen molar-refractivity contribution in [3.63, 3.8) is 0 Å². The third kappa shape index (κ3) is 2.71. The van der Waals surface area contributed by atoms with Crippen LogP contribution in [-0.2, 0) is 0 Å². The molecule has 0 amide bonds. The molecule has 3 aromatic rings. The van der Waals surface area contributed by atoms with Gasteiger partial charge in [0.1, 0.15) is 17.7 Å². The Morgan fingerprint density at radius 2 is 1.81 bits per heavy atom. The summed E-state index contributed by atoms with van der Waals surface area (Å²) in [6.07, 6.45) is -1.31. The van der Waals surface area contributed by atoms with Crippen molar-refractivity contribution in [1.29, 1.82) is 0 Å². The molecular weight excluding hydrogens is 276 g/mol. The molecule has 1 aromatic heterocycles. The van der Waals surface area contributed by atoms with Crippen molar-refractivity contribution < 1.29 is 13.9 Å². The third-order valence-corrected chi connectivity index (χ3v) is 3.19. The van der Waals surface area contributed by atoms with Crippen LogP contribution in [0, 0.1) is 11.6 Å². The van der Waals surface area contributed by atoms with Gasteiger partial charge in [0.25, 0.3) is 0 Å². The first-order valence-electron chi connectivity index (χ1n) is 6.46. The maximum atomic E-state index is 13.5. The van der Waals surface area contributed by atoms with Gasteiger partial charge in [-0.05, 0) is 24.3 Å². The number of halogens is 2. The number of nitrogens with one attached hydrogen (secondary N) is 2. The molecule has 1 heterocycles. The van der Waals surface area contributed by atoms with E-state index in [1.807, 2.05) is 24.3 Å². The number of hydrogen-bond acceptors (Lipinski definition) is 3. The number of aromatic nitrogens is 2. The van der Waals surface area contributed by atoms with Crippen LogP contribution in [-0.4, -0.2) is 21.6 Å². The van der Waals surface area contributed by atoms with Crippen LogP contribution in [0.25, 0.3) is 11.0 Å². The number of imidazole rings is 1. The lowest BCUT2D eigenvalue weighted by Crippen LogP contribution is -2.15. The molecule has 21 heavy (non-hydrogen) atoms. The molecule has 3 N–H and O–H groups in total. The van der Waals surface area contributed by atoms with Gasteiger partial charge in [0.2, 0.25) is 5.95 Å². The maximum absolute atomic E-state index is 13.5. The highest BCUT2D eigenvalue weighted by atomic mass is 19.1. The number of aromatic amines is 1. The molecule has 1 atom stereocenters. The van der Waals surface area contributed by atoms with Crippen LogP contribution in [0.1, 0.15) is 11.7 Å². The van der Waals surface area contributed by atoms with Gasteiger partial charge in [0, 0.05) is 6.54 Å². The molecule has 2 aromatic carbocycles. The van der Waals surface area contributed by atoms with Crippen LogP contribution in [0.2, 0.25) is 0 Å². The highest BCUT2D eigenvalue weighted by Crippen LogP contribution is 2.21. The summed E-state index contributed by atoms with van der Waals surface area (Å²) in [6, 6.07) is 10.9. The highest BCUT2D eigenvalue weighted by molar-refractivity contribution is 5.77. The lowest BCUT2D eigenvalue weighted by Gasteiger charge is -2.13. The van der Waals surface area contributed by atoms with E-state index in [-0.39, 0.29) is 12.1 Å². The van der Waals surface area contributed by atoms with E-state index in [0.717, 1.165) is 23.2 Å². The second kappa shape index (κ2) is 5.49. The molecule has 0 aliphatic rings. The van der Waals surface area contributed by atoms with E-state index in [1.165, 1.54) is 6.07 Å². The van der Waals surface area contributed by atoms with Crippen LogP contribution in [0.3, 0.4) is 0 Å². The van der Waals surface area contributed by atoms with Crippen LogP contribution < -0.4 is 5.32 Å². The largest absolute Gasteiger partial charge is 0.386 e. The molecule has 0 bridgehead atoms.